The van der Waals surface area contributed by atoms with E-state index in [0.717, 1.165) is 0 Å². The molecule has 0 unspecified atom stereocenters. The van der Waals surface area contributed by atoms with Crippen LogP contribution in [0.2, 0.25) is 0 Å². The summed E-state index contributed by atoms with van der Waals surface area (Å²) in [4.78, 5) is 11.0. The first-order chi connectivity index (χ1) is 9.90. The van der Waals surface area contributed by atoms with Crippen molar-refractivity contribution in [3.63, 3.8) is 0 Å². The zero-order valence-electron chi connectivity index (χ0n) is 12.2. The molecule has 1 aliphatic heterocycles. The quantitative estimate of drug-likeness (QED) is 0.414. The van der Waals surface area contributed by atoms with E-state index in [1.165, 1.54) is 7.11 Å². The molecule has 21 heavy (non-hydrogen) atoms. The Kier molecular flexibility index (Phi) is 7.50. The van der Waals surface area contributed by atoms with E-state index in [1.807, 2.05) is 6.92 Å². The second-order valence-electron chi connectivity index (χ2n) is 5.25. The van der Waals surface area contributed by atoms with E-state index >= 15 is 0 Å². The minimum atomic E-state index is -1.45. The summed E-state index contributed by atoms with van der Waals surface area (Å²) in [6, 6.07) is 0. The molecule has 0 aromatic carbocycles. The molecule has 0 aliphatic carbocycles. The molecule has 6 atom stereocenters. The highest BCUT2D eigenvalue weighted by Gasteiger charge is 2.44. The van der Waals surface area contributed by atoms with Crippen LogP contribution in [0.4, 0.5) is 0 Å². The average molecular weight is 308 g/mol. The van der Waals surface area contributed by atoms with Gasteiger partial charge in [0.1, 0.15) is 24.4 Å². The summed E-state index contributed by atoms with van der Waals surface area (Å²) in [5, 5.41) is 38.1. The zero-order chi connectivity index (χ0) is 16.0. The molecule has 8 nitrogen and oxygen atoms in total. The topological polar surface area (TPSA) is 126 Å². The second-order valence-corrected chi connectivity index (χ2v) is 5.25. The van der Waals surface area contributed by atoms with E-state index in [2.05, 4.69) is 4.74 Å². The van der Waals surface area contributed by atoms with E-state index in [9.17, 15) is 20.1 Å². The lowest BCUT2D eigenvalue weighted by molar-refractivity contribution is -0.303. The Morgan fingerprint density at radius 1 is 1.24 bits per heavy atom. The van der Waals surface area contributed by atoms with Crippen molar-refractivity contribution >= 4 is 5.97 Å². The monoisotopic (exact) mass is 308 g/mol. The SMILES string of the molecule is COC(=O)CC[C@H](C)CO[C@@H]1O[C@H](CO)[C@@H](O)[C@H](O)[C@H]1O. The molecule has 0 aromatic rings. The van der Waals surface area contributed by atoms with Crippen molar-refractivity contribution in [3.8, 4) is 0 Å². The molecule has 1 fully saturated rings. The maximum Gasteiger partial charge on any atom is 0.305 e. The van der Waals surface area contributed by atoms with Crippen LogP contribution in [0.1, 0.15) is 19.8 Å². The van der Waals surface area contributed by atoms with Gasteiger partial charge in [0, 0.05) is 6.42 Å². The molecular formula is C13H24O8. The largest absolute Gasteiger partial charge is 0.469 e. The predicted molar refractivity (Wildman–Crippen MR) is 70.1 cm³/mol. The van der Waals surface area contributed by atoms with Crippen LogP contribution in [-0.2, 0) is 19.0 Å². The summed E-state index contributed by atoms with van der Waals surface area (Å²) in [6.45, 7) is 1.55. The lowest BCUT2D eigenvalue weighted by Gasteiger charge is -2.39. The molecule has 0 amide bonds. The molecular weight excluding hydrogens is 284 g/mol. The number of hydrogen-bond acceptors (Lipinski definition) is 8. The maximum atomic E-state index is 11.0. The highest BCUT2D eigenvalue weighted by molar-refractivity contribution is 5.69. The summed E-state index contributed by atoms with van der Waals surface area (Å²) >= 11 is 0. The van der Waals surface area contributed by atoms with Crippen molar-refractivity contribution in [2.45, 2.75) is 50.5 Å². The number of rotatable bonds is 7. The van der Waals surface area contributed by atoms with Crippen molar-refractivity contribution in [2.24, 2.45) is 5.92 Å². The van der Waals surface area contributed by atoms with Gasteiger partial charge in [-0.05, 0) is 12.3 Å². The van der Waals surface area contributed by atoms with Gasteiger partial charge in [0.05, 0.1) is 20.3 Å². The third-order valence-corrected chi connectivity index (χ3v) is 3.46. The Labute approximate surface area is 123 Å². The minimum absolute atomic E-state index is 0.0106. The number of carbonyl (C=O) groups excluding carboxylic acids is 1. The minimum Gasteiger partial charge on any atom is -0.469 e. The molecule has 1 rings (SSSR count). The third-order valence-electron chi connectivity index (χ3n) is 3.46. The normalized spacial score (nSPS) is 34.5. The predicted octanol–water partition coefficient (Wildman–Crippen LogP) is -1.61. The van der Waals surface area contributed by atoms with Crippen LogP contribution in [0.5, 0.6) is 0 Å². The molecule has 1 aliphatic rings. The summed E-state index contributed by atoms with van der Waals surface area (Å²) < 4.78 is 15.1. The number of ether oxygens (including phenoxy) is 3. The maximum absolute atomic E-state index is 11.0. The van der Waals surface area contributed by atoms with Crippen molar-refractivity contribution in [1.82, 2.24) is 0 Å². The molecule has 1 heterocycles. The van der Waals surface area contributed by atoms with Gasteiger partial charge in [-0.15, -0.1) is 0 Å². The van der Waals surface area contributed by atoms with E-state index < -0.39 is 37.3 Å². The van der Waals surface area contributed by atoms with Crippen LogP contribution in [0.15, 0.2) is 0 Å². The van der Waals surface area contributed by atoms with Crippen LogP contribution in [0, 0.1) is 5.92 Å². The van der Waals surface area contributed by atoms with Crippen LogP contribution in [0.3, 0.4) is 0 Å². The van der Waals surface area contributed by atoms with Gasteiger partial charge in [0.15, 0.2) is 6.29 Å². The molecule has 0 saturated carbocycles. The Morgan fingerprint density at radius 3 is 2.48 bits per heavy atom. The molecule has 0 aromatic heterocycles. The number of carbonyl (C=O) groups is 1. The van der Waals surface area contributed by atoms with Crippen LogP contribution in [0.25, 0.3) is 0 Å². The van der Waals surface area contributed by atoms with Gasteiger partial charge in [-0.25, -0.2) is 0 Å². The standard InChI is InChI=1S/C13H24O8/c1-7(3-4-9(15)19-2)6-20-13-12(18)11(17)10(16)8(5-14)21-13/h7-8,10-14,16-18H,3-6H2,1-2H3/t7-,8+,10+,11-,12+,13+/m0/s1. The van der Waals surface area contributed by atoms with Crippen molar-refractivity contribution in [3.05, 3.63) is 0 Å². The van der Waals surface area contributed by atoms with Crippen molar-refractivity contribution in [1.29, 1.82) is 0 Å². The second kappa shape index (κ2) is 8.62. The van der Waals surface area contributed by atoms with Crippen molar-refractivity contribution < 1.29 is 39.4 Å². The molecule has 124 valence electrons. The van der Waals surface area contributed by atoms with Crippen LogP contribution >= 0.6 is 0 Å². The lowest BCUT2D eigenvalue weighted by Crippen LogP contribution is -2.59. The number of aliphatic hydroxyl groups excluding tert-OH is 4. The van der Waals surface area contributed by atoms with Crippen LogP contribution in [-0.4, -0.2) is 77.4 Å². The summed E-state index contributed by atoms with van der Waals surface area (Å²) in [7, 11) is 1.32. The Morgan fingerprint density at radius 2 is 1.90 bits per heavy atom. The van der Waals surface area contributed by atoms with E-state index in [4.69, 9.17) is 14.6 Å². The first-order valence-corrected chi connectivity index (χ1v) is 6.89. The first kappa shape index (κ1) is 18.3. The Bertz CT molecular complexity index is 321. The number of esters is 1. The smallest absolute Gasteiger partial charge is 0.305 e. The Hall–Kier alpha value is -0.770. The van der Waals surface area contributed by atoms with Gasteiger partial charge in [-0.3, -0.25) is 4.79 Å². The molecule has 8 heteroatoms. The number of methoxy groups -OCH3 is 1. The highest BCUT2D eigenvalue weighted by Crippen LogP contribution is 2.22. The van der Waals surface area contributed by atoms with E-state index in [1.54, 1.807) is 0 Å². The molecule has 4 N–H and O–H groups in total. The number of aliphatic hydroxyl groups is 4. The molecule has 0 bridgehead atoms. The van der Waals surface area contributed by atoms with Gasteiger partial charge >= 0.3 is 5.97 Å². The zero-order valence-corrected chi connectivity index (χ0v) is 12.2. The van der Waals surface area contributed by atoms with Crippen LogP contribution < -0.4 is 0 Å². The van der Waals surface area contributed by atoms with Crippen molar-refractivity contribution in [2.75, 3.05) is 20.3 Å². The van der Waals surface area contributed by atoms with Gasteiger partial charge < -0.3 is 34.6 Å². The highest BCUT2D eigenvalue weighted by atomic mass is 16.7. The van der Waals surface area contributed by atoms with Gasteiger partial charge in [-0.1, -0.05) is 6.92 Å². The fourth-order valence-corrected chi connectivity index (χ4v) is 2.01. The molecule has 0 spiro atoms. The summed E-state index contributed by atoms with van der Waals surface area (Å²) in [6.07, 6.45) is -5.58. The summed E-state index contributed by atoms with van der Waals surface area (Å²) in [5.74, 6) is -0.300. The molecule has 1 saturated heterocycles. The average Bonchev–Trinajstić information content (AvgIpc) is 2.49. The fraction of sp³-hybridized carbons (Fsp3) is 0.923. The van der Waals surface area contributed by atoms with E-state index in [-0.39, 0.29) is 24.9 Å². The third kappa shape index (κ3) is 5.17. The lowest BCUT2D eigenvalue weighted by atomic mass is 9.99. The van der Waals surface area contributed by atoms with Gasteiger partial charge in [-0.2, -0.15) is 0 Å². The summed E-state index contributed by atoms with van der Waals surface area (Å²) in [5.41, 5.74) is 0. The van der Waals surface area contributed by atoms with E-state index in [0.29, 0.717) is 6.42 Å². The Balaban J connectivity index is 2.41. The van der Waals surface area contributed by atoms with Gasteiger partial charge in [0.2, 0.25) is 0 Å². The fourth-order valence-electron chi connectivity index (χ4n) is 2.01. The number of hydrogen-bond donors (Lipinski definition) is 4. The van der Waals surface area contributed by atoms with Gasteiger partial charge in [0.25, 0.3) is 0 Å². The molecule has 0 radical (unpaired) electrons. The first-order valence-electron chi connectivity index (χ1n) is 6.89.